The van der Waals surface area contributed by atoms with Crippen LogP contribution in [-0.4, -0.2) is 46.5 Å². The molecule has 210 valence electrons. The number of hydrogen-bond donors (Lipinski definition) is 2. The van der Waals surface area contributed by atoms with Gasteiger partial charge in [-0.25, -0.2) is 4.98 Å². The van der Waals surface area contributed by atoms with E-state index in [2.05, 4.69) is 27.6 Å². The molecule has 2 N–H and O–H groups in total. The molecule has 0 saturated heterocycles. The lowest BCUT2D eigenvalue weighted by Crippen LogP contribution is -2.34. The second kappa shape index (κ2) is 12.1. The molecule has 2 aromatic rings. The van der Waals surface area contributed by atoms with Gasteiger partial charge in [0, 0.05) is 31.4 Å². The number of carbonyl (C=O) groups excluding carboxylic acids is 1. The maximum atomic E-state index is 13.2. The molecule has 0 aromatic carbocycles. The summed E-state index contributed by atoms with van der Waals surface area (Å²) in [5.41, 5.74) is 1.21. The molecule has 2 aromatic heterocycles. The van der Waals surface area contributed by atoms with Crippen molar-refractivity contribution < 1.29 is 22.7 Å². The molecule has 0 radical (unpaired) electrons. The van der Waals surface area contributed by atoms with Gasteiger partial charge >= 0.3 is 6.18 Å². The van der Waals surface area contributed by atoms with Crippen LogP contribution in [-0.2, 0) is 6.54 Å². The van der Waals surface area contributed by atoms with Gasteiger partial charge in [0.25, 0.3) is 5.91 Å². The number of halogens is 4. The van der Waals surface area contributed by atoms with Crippen LogP contribution in [0.15, 0.2) is 12.3 Å². The van der Waals surface area contributed by atoms with E-state index in [0.717, 1.165) is 18.8 Å². The third-order valence-electron chi connectivity index (χ3n) is 7.93. The smallest absolute Gasteiger partial charge is 0.391 e. The summed E-state index contributed by atoms with van der Waals surface area (Å²) in [6.45, 7) is 5.22. The van der Waals surface area contributed by atoms with Crippen LogP contribution in [0.25, 0.3) is 11.3 Å². The number of amides is 1. The minimum atomic E-state index is -4.19. The fourth-order valence-electron chi connectivity index (χ4n) is 5.62. The number of hydrogen-bond acceptors (Lipinski definition) is 5. The number of aryl methyl sites for hydroxylation is 1. The number of nitrogens with one attached hydrogen (secondary N) is 2. The average molecular weight is 556 g/mol. The fraction of sp³-hybridized carbons (Fsp3) is 0.667. The zero-order valence-electron chi connectivity index (χ0n) is 22.2. The molecule has 1 amide bonds. The number of anilines is 1. The summed E-state index contributed by atoms with van der Waals surface area (Å²) in [7, 11) is 1.50. The van der Waals surface area contributed by atoms with Crippen molar-refractivity contribution >= 4 is 23.3 Å². The quantitative estimate of drug-likeness (QED) is 0.378. The highest BCUT2D eigenvalue weighted by Gasteiger charge is 2.42. The number of carbonyl (C=O) groups is 1. The summed E-state index contributed by atoms with van der Waals surface area (Å²) in [4.78, 5) is 17.5. The van der Waals surface area contributed by atoms with Gasteiger partial charge in [0.15, 0.2) is 5.69 Å². The summed E-state index contributed by atoms with van der Waals surface area (Å²) >= 11 is 6.71. The first kappa shape index (κ1) is 28.5. The molecular weight excluding hydrogens is 519 g/mol. The second-order valence-corrected chi connectivity index (χ2v) is 11.1. The molecule has 0 bridgehead atoms. The summed E-state index contributed by atoms with van der Waals surface area (Å²) < 4.78 is 46.9. The van der Waals surface area contributed by atoms with E-state index in [0.29, 0.717) is 54.7 Å². The van der Waals surface area contributed by atoms with Crippen molar-refractivity contribution in [1.29, 1.82) is 0 Å². The number of methoxy groups -OCH3 is 1. The van der Waals surface area contributed by atoms with Crippen molar-refractivity contribution in [2.45, 2.75) is 84.0 Å². The third kappa shape index (κ3) is 6.55. The zero-order chi connectivity index (χ0) is 27.4. The van der Waals surface area contributed by atoms with Crippen LogP contribution >= 0.6 is 11.6 Å². The maximum absolute atomic E-state index is 13.2. The number of rotatable bonds is 8. The van der Waals surface area contributed by atoms with Gasteiger partial charge in [-0.2, -0.15) is 18.3 Å². The Morgan fingerprint density at radius 3 is 2.61 bits per heavy atom. The van der Waals surface area contributed by atoms with E-state index in [1.54, 1.807) is 16.9 Å². The highest BCUT2D eigenvalue weighted by molar-refractivity contribution is 6.36. The van der Waals surface area contributed by atoms with E-state index < -0.39 is 12.1 Å². The van der Waals surface area contributed by atoms with Gasteiger partial charge in [-0.3, -0.25) is 9.48 Å². The van der Waals surface area contributed by atoms with Gasteiger partial charge in [-0.15, -0.1) is 0 Å². The first-order valence-electron chi connectivity index (χ1n) is 13.5. The van der Waals surface area contributed by atoms with Crippen LogP contribution < -0.4 is 15.4 Å². The molecule has 2 atom stereocenters. The molecular formula is C27H37ClF3N5O2. The van der Waals surface area contributed by atoms with Gasteiger partial charge < -0.3 is 15.4 Å². The highest BCUT2D eigenvalue weighted by atomic mass is 35.5. The van der Waals surface area contributed by atoms with Crippen LogP contribution in [0.4, 0.5) is 19.0 Å². The summed E-state index contributed by atoms with van der Waals surface area (Å²) in [5, 5.41) is 10.8. The SMILES string of the molecule is CCn1nc(C(=O)NCC2CCC(C)CC2)c(Cl)c1-c1cnc(NC2CCCC(C(F)(F)F)C2)cc1OC. The average Bonchev–Trinajstić information content (AvgIpc) is 3.23. The minimum Gasteiger partial charge on any atom is -0.496 e. The van der Waals surface area contributed by atoms with E-state index in [9.17, 15) is 18.0 Å². The number of alkyl halides is 3. The van der Waals surface area contributed by atoms with Gasteiger partial charge in [0.05, 0.1) is 29.3 Å². The van der Waals surface area contributed by atoms with E-state index in [1.807, 2.05) is 6.92 Å². The number of ether oxygens (including phenoxy) is 1. The number of aromatic nitrogens is 3. The lowest BCUT2D eigenvalue weighted by molar-refractivity contribution is -0.182. The van der Waals surface area contributed by atoms with Gasteiger partial charge in [0.1, 0.15) is 11.6 Å². The van der Waals surface area contributed by atoms with Gasteiger partial charge in [0.2, 0.25) is 0 Å². The van der Waals surface area contributed by atoms with Crippen molar-refractivity contribution in [1.82, 2.24) is 20.1 Å². The van der Waals surface area contributed by atoms with Crippen LogP contribution in [0.5, 0.6) is 5.75 Å². The molecule has 0 spiro atoms. The Bertz CT molecular complexity index is 1110. The molecule has 2 aliphatic rings. The molecule has 4 rings (SSSR count). The Labute approximate surface area is 226 Å². The van der Waals surface area contributed by atoms with E-state index in [-0.39, 0.29) is 35.5 Å². The van der Waals surface area contributed by atoms with E-state index in [1.165, 1.54) is 20.0 Å². The highest BCUT2D eigenvalue weighted by Crippen LogP contribution is 2.40. The lowest BCUT2D eigenvalue weighted by atomic mass is 9.83. The van der Waals surface area contributed by atoms with Crippen molar-refractivity contribution in [2.24, 2.45) is 17.8 Å². The van der Waals surface area contributed by atoms with Crippen LogP contribution in [0, 0.1) is 17.8 Å². The Hall–Kier alpha value is -2.49. The summed E-state index contributed by atoms with van der Waals surface area (Å²) in [6.07, 6.45) is 3.26. The molecule has 2 aliphatic carbocycles. The predicted octanol–water partition coefficient (Wildman–Crippen LogP) is 6.72. The van der Waals surface area contributed by atoms with Crippen molar-refractivity contribution in [3.63, 3.8) is 0 Å². The van der Waals surface area contributed by atoms with Crippen molar-refractivity contribution in [2.75, 3.05) is 19.0 Å². The van der Waals surface area contributed by atoms with E-state index in [4.69, 9.17) is 16.3 Å². The molecule has 2 saturated carbocycles. The Balaban J connectivity index is 1.50. The lowest BCUT2D eigenvalue weighted by Gasteiger charge is -2.31. The predicted molar refractivity (Wildman–Crippen MR) is 142 cm³/mol. The Morgan fingerprint density at radius 2 is 1.95 bits per heavy atom. The van der Waals surface area contributed by atoms with Crippen LogP contribution in [0.3, 0.4) is 0 Å². The standard InChI is InChI=1S/C27H37ClF3N5O2/c1-4-36-25(23(28)24(35-36)26(37)33-14-17-10-8-16(2)9-11-17)20-15-32-22(13-21(20)38-3)34-19-7-5-6-18(12-19)27(29,30)31/h13,15-19H,4-12,14H2,1-3H3,(H,32,34)(H,33,37). The first-order valence-corrected chi connectivity index (χ1v) is 13.9. The van der Waals surface area contributed by atoms with Crippen molar-refractivity contribution in [3.8, 4) is 17.0 Å². The van der Waals surface area contributed by atoms with Crippen LogP contribution in [0.2, 0.25) is 5.02 Å². The number of pyridine rings is 1. The van der Waals surface area contributed by atoms with Gasteiger partial charge in [-0.05, 0) is 50.9 Å². The Kier molecular flexibility index (Phi) is 9.11. The zero-order valence-corrected chi connectivity index (χ0v) is 23.0. The third-order valence-corrected chi connectivity index (χ3v) is 8.28. The summed E-state index contributed by atoms with van der Waals surface area (Å²) in [6, 6.07) is 1.32. The topological polar surface area (TPSA) is 81.1 Å². The van der Waals surface area contributed by atoms with Gasteiger partial charge in [-0.1, -0.05) is 37.8 Å². The van der Waals surface area contributed by atoms with Crippen molar-refractivity contribution in [3.05, 3.63) is 23.0 Å². The fourth-order valence-corrected chi connectivity index (χ4v) is 5.94. The monoisotopic (exact) mass is 555 g/mol. The minimum absolute atomic E-state index is 0.0159. The molecule has 2 unspecified atom stereocenters. The molecule has 38 heavy (non-hydrogen) atoms. The summed E-state index contributed by atoms with van der Waals surface area (Å²) in [5.74, 6) is 0.440. The Morgan fingerprint density at radius 1 is 1.21 bits per heavy atom. The number of nitrogens with zero attached hydrogens (tertiary/aromatic N) is 3. The molecule has 0 aliphatic heterocycles. The molecule has 2 heterocycles. The maximum Gasteiger partial charge on any atom is 0.391 e. The largest absolute Gasteiger partial charge is 0.496 e. The first-order chi connectivity index (χ1) is 18.1. The molecule has 11 heteroatoms. The van der Waals surface area contributed by atoms with E-state index >= 15 is 0 Å². The second-order valence-electron chi connectivity index (χ2n) is 10.7. The molecule has 2 fully saturated rings. The normalized spacial score (nSPS) is 24.2. The van der Waals surface area contributed by atoms with Crippen LogP contribution in [0.1, 0.15) is 75.7 Å². The molecule has 7 nitrogen and oxygen atoms in total.